The molecule has 9 nitrogen and oxygen atoms in total. The first-order valence-corrected chi connectivity index (χ1v) is 14.8. The van der Waals surface area contributed by atoms with Gasteiger partial charge in [-0.25, -0.2) is 13.6 Å². The van der Waals surface area contributed by atoms with Crippen molar-refractivity contribution >= 4 is 29.6 Å². The van der Waals surface area contributed by atoms with Gasteiger partial charge >= 0.3 is 6.16 Å². The molecule has 4 heterocycles. The molecule has 4 aliphatic rings. The molecule has 222 valence electrons. The Hall–Kier alpha value is -3.48. The molecule has 0 aromatic heterocycles. The van der Waals surface area contributed by atoms with Gasteiger partial charge in [-0.15, -0.1) is 11.8 Å². The third-order valence-electron chi connectivity index (χ3n) is 8.61. The van der Waals surface area contributed by atoms with Crippen molar-refractivity contribution in [3.05, 3.63) is 77.0 Å². The van der Waals surface area contributed by atoms with E-state index < -0.39 is 54.2 Å². The monoisotopic (exact) mass is 599 g/mol. The maximum Gasteiger partial charge on any atom is 0.510 e. The Morgan fingerprint density at radius 2 is 1.90 bits per heavy atom. The number of methoxy groups -OCH3 is 1. The van der Waals surface area contributed by atoms with Crippen molar-refractivity contribution < 1.29 is 37.4 Å². The summed E-state index contributed by atoms with van der Waals surface area (Å²) in [4.78, 5) is 42.0. The number of ketones is 1. The summed E-state index contributed by atoms with van der Waals surface area (Å²) < 4.78 is 45.3. The highest BCUT2D eigenvalue weighted by Crippen LogP contribution is 2.49. The van der Waals surface area contributed by atoms with Crippen LogP contribution in [0.4, 0.5) is 13.6 Å². The maximum atomic E-state index is 15.4. The lowest BCUT2D eigenvalue weighted by molar-refractivity contribution is -0.236. The molecule has 2 aromatic carbocycles. The fourth-order valence-electron chi connectivity index (χ4n) is 6.47. The number of hydrazine groups is 1. The topological polar surface area (TPSA) is 88.6 Å². The molecular formula is C30H31F2N3O6S. The number of halogens is 2. The van der Waals surface area contributed by atoms with E-state index in [4.69, 9.17) is 9.47 Å². The second kappa shape index (κ2) is 11.0. The summed E-state index contributed by atoms with van der Waals surface area (Å²) in [6.07, 6.45) is 2.95. The highest BCUT2D eigenvalue weighted by Gasteiger charge is 2.60. The summed E-state index contributed by atoms with van der Waals surface area (Å²) in [6, 6.07) is 8.69. The summed E-state index contributed by atoms with van der Waals surface area (Å²) in [5.74, 6) is -2.15. The molecule has 0 bridgehead atoms. The second-order valence-electron chi connectivity index (χ2n) is 11.1. The van der Waals surface area contributed by atoms with E-state index in [-0.39, 0.29) is 23.1 Å². The van der Waals surface area contributed by atoms with E-state index in [0.717, 1.165) is 30.1 Å². The molecule has 2 unspecified atom stereocenters. The average Bonchev–Trinajstić information content (AvgIpc) is 3.14. The van der Waals surface area contributed by atoms with Gasteiger partial charge in [-0.2, -0.15) is 5.01 Å². The van der Waals surface area contributed by atoms with Crippen molar-refractivity contribution in [3.8, 4) is 0 Å². The first kappa shape index (κ1) is 28.6. The first-order valence-electron chi connectivity index (χ1n) is 13.8. The minimum atomic E-state index is -1.74. The number of benzene rings is 2. The zero-order valence-electron chi connectivity index (χ0n) is 23.4. The molecule has 0 saturated carbocycles. The first-order chi connectivity index (χ1) is 20.2. The van der Waals surface area contributed by atoms with Crippen LogP contribution in [0.3, 0.4) is 0 Å². The Morgan fingerprint density at radius 1 is 1.12 bits per heavy atom. The summed E-state index contributed by atoms with van der Waals surface area (Å²) >= 11 is 1.43. The van der Waals surface area contributed by atoms with Crippen molar-refractivity contribution in [3.63, 3.8) is 0 Å². The predicted molar refractivity (Wildman–Crippen MR) is 148 cm³/mol. The lowest BCUT2D eigenvalue weighted by Crippen LogP contribution is -2.76. The minimum Gasteiger partial charge on any atom is -0.438 e. The van der Waals surface area contributed by atoms with Crippen LogP contribution in [-0.2, 0) is 29.6 Å². The molecule has 2 fully saturated rings. The average molecular weight is 600 g/mol. The van der Waals surface area contributed by atoms with Crippen LogP contribution >= 0.6 is 11.8 Å². The van der Waals surface area contributed by atoms with Gasteiger partial charge in [0.05, 0.1) is 13.2 Å². The summed E-state index contributed by atoms with van der Waals surface area (Å²) in [6.45, 7) is 3.40. The lowest BCUT2D eigenvalue weighted by Gasteiger charge is -2.60. The van der Waals surface area contributed by atoms with Gasteiger partial charge in [0.1, 0.15) is 6.17 Å². The smallest absolute Gasteiger partial charge is 0.438 e. The molecule has 0 radical (unpaired) electrons. The molecule has 0 N–H and O–H groups in total. The highest BCUT2D eigenvalue weighted by atomic mass is 32.2. The van der Waals surface area contributed by atoms with E-state index in [0.29, 0.717) is 18.5 Å². The van der Waals surface area contributed by atoms with E-state index in [1.807, 2.05) is 29.3 Å². The molecule has 0 spiro atoms. The van der Waals surface area contributed by atoms with Crippen LogP contribution in [0.15, 0.2) is 53.6 Å². The number of rotatable bonds is 4. The van der Waals surface area contributed by atoms with Gasteiger partial charge in [0.2, 0.25) is 0 Å². The Morgan fingerprint density at radius 3 is 2.69 bits per heavy atom. The number of piperidine rings is 1. The number of carbonyl (C=O) groups is 3. The second-order valence-corrected chi connectivity index (χ2v) is 12.1. The largest absolute Gasteiger partial charge is 0.510 e. The number of carbonyl (C=O) groups excluding carboxylic acids is 3. The van der Waals surface area contributed by atoms with Crippen LogP contribution in [0.1, 0.15) is 49.4 Å². The Labute approximate surface area is 246 Å². The van der Waals surface area contributed by atoms with E-state index >= 15 is 4.39 Å². The van der Waals surface area contributed by atoms with E-state index in [2.05, 4.69) is 11.7 Å². The summed E-state index contributed by atoms with van der Waals surface area (Å²) in [5.41, 5.74) is -0.0200. The van der Waals surface area contributed by atoms with Crippen LogP contribution in [0.5, 0.6) is 0 Å². The number of nitrogens with zero attached hydrogens (tertiary/aromatic N) is 3. The minimum absolute atomic E-state index is 0.207. The fourth-order valence-corrected chi connectivity index (χ4v) is 7.58. The normalized spacial score (nSPS) is 28.8. The molecule has 0 aliphatic carbocycles. The predicted octanol–water partition coefficient (Wildman–Crippen LogP) is 4.76. The number of hydrogen-bond acceptors (Lipinski definition) is 9. The molecule has 6 rings (SSSR count). The Kier molecular flexibility index (Phi) is 7.48. The number of ether oxygens (including phenoxy) is 3. The number of fused-ring (bicyclic) bond motifs is 4. The summed E-state index contributed by atoms with van der Waals surface area (Å²) in [5, 5.41) is 3.73. The van der Waals surface area contributed by atoms with E-state index in [1.165, 1.54) is 24.8 Å². The van der Waals surface area contributed by atoms with Gasteiger partial charge in [0.15, 0.2) is 35.9 Å². The quantitative estimate of drug-likeness (QED) is 0.365. The van der Waals surface area contributed by atoms with Gasteiger partial charge in [-0.1, -0.05) is 31.2 Å². The molecule has 42 heavy (non-hydrogen) atoms. The van der Waals surface area contributed by atoms with Gasteiger partial charge in [-0.05, 0) is 48.9 Å². The summed E-state index contributed by atoms with van der Waals surface area (Å²) in [7, 11) is 1.15. The highest BCUT2D eigenvalue weighted by molar-refractivity contribution is 7.98. The van der Waals surface area contributed by atoms with Crippen LogP contribution in [-0.4, -0.2) is 71.0 Å². The molecule has 5 atom stereocenters. The zero-order chi connectivity index (χ0) is 29.8. The lowest BCUT2D eigenvalue weighted by atomic mass is 9.83. The van der Waals surface area contributed by atoms with Gasteiger partial charge in [0.25, 0.3) is 5.91 Å². The molecule has 2 saturated heterocycles. The van der Waals surface area contributed by atoms with E-state index in [9.17, 15) is 18.8 Å². The van der Waals surface area contributed by atoms with Crippen molar-refractivity contribution in [2.45, 2.75) is 61.2 Å². The standard InChI is InChI=1S/C30H31F2N3O6S/c1-17-8-11-24-33(14-17)28(37)27-30(2,41-16-40-29(38)39-3)23(36)12-13-34(27)35(24)26-18-9-10-21(31)25(32)20(18)15-42-22-7-5-4-6-19(22)26/h4-7,9-10,12-13,17,24,26-27H,8,11,14-16H2,1-3H3/t17-,24-,26+,27?,30?/m1/s1. The van der Waals surface area contributed by atoms with Crippen molar-refractivity contribution in [1.82, 2.24) is 14.9 Å². The Bertz CT molecular complexity index is 1470. The molecule has 2 aromatic rings. The van der Waals surface area contributed by atoms with Gasteiger partial charge in [-0.3, -0.25) is 14.6 Å². The number of thioether (sulfide) groups is 1. The Balaban J connectivity index is 1.53. The van der Waals surface area contributed by atoms with E-state index in [1.54, 1.807) is 22.2 Å². The van der Waals surface area contributed by atoms with Crippen LogP contribution in [0.25, 0.3) is 0 Å². The van der Waals surface area contributed by atoms with Gasteiger partial charge < -0.3 is 19.1 Å². The van der Waals surface area contributed by atoms with Crippen molar-refractivity contribution in [2.75, 3.05) is 20.4 Å². The van der Waals surface area contributed by atoms with Crippen LogP contribution in [0.2, 0.25) is 0 Å². The fraction of sp³-hybridized carbons (Fsp3) is 0.433. The van der Waals surface area contributed by atoms with Gasteiger partial charge in [0, 0.05) is 35.0 Å². The molecular weight excluding hydrogens is 568 g/mol. The maximum absolute atomic E-state index is 15.4. The van der Waals surface area contributed by atoms with Crippen molar-refractivity contribution in [2.24, 2.45) is 5.92 Å². The van der Waals surface area contributed by atoms with Crippen LogP contribution < -0.4 is 0 Å². The number of hydrogen-bond donors (Lipinski definition) is 0. The SMILES string of the molecule is COC(=O)OCOC1(C)C(=O)C=CN2C1C(=O)N1C[C@H](C)CC[C@H]1N2[C@@H]1c2ccccc2SCc2c1ccc(F)c2F. The van der Waals surface area contributed by atoms with Crippen LogP contribution in [0, 0.1) is 17.6 Å². The molecule has 1 amide bonds. The third kappa shape index (κ3) is 4.56. The number of amides is 1. The van der Waals surface area contributed by atoms with Crippen molar-refractivity contribution in [1.29, 1.82) is 0 Å². The molecule has 4 aliphatic heterocycles. The zero-order valence-corrected chi connectivity index (χ0v) is 24.2. The third-order valence-corrected chi connectivity index (χ3v) is 9.72. The molecule has 12 heteroatoms.